The van der Waals surface area contributed by atoms with E-state index in [-0.39, 0.29) is 0 Å². The molecule has 0 atom stereocenters. The summed E-state index contributed by atoms with van der Waals surface area (Å²) in [5.74, 6) is 1.27. The summed E-state index contributed by atoms with van der Waals surface area (Å²) < 4.78 is 6.58. The lowest BCUT2D eigenvalue weighted by Gasteiger charge is -2.09. The molecule has 0 heterocycles. The molecule has 2 aromatic carbocycles. The standard InChI is InChI=1S/C12H9BrClNO/c13-8-3-1-4-9(7-8)16-11-6-2-5-10(14)12(11)15/h1-7H,15H2. The van der Waals surface area contributed by atoms with Gasteiger partial charge in [0.15, 0.2) is 5.75 Å². The molecule has 2 aromatic rings. The van der Waals surface area contributed by atoms with Gasteiger partial charge in [-0.3, -0.25) is 0 Å². The van der Waals surface area contributed by atoms with Crippen molar-refractivity contribution in [2.24, 2.45) is 0 Å². The van der Waals surface area contributed by atoms with Crippen LogP contribution in [0.2, 0.25) is 5.02 Å². The highest BCUT2D eigenvalue weighted by Crippen LogP contribution is 2.33. The van der Waals surface area contributed by atoms with E-state index in [0.29, 0.717) is 22.2 Å². The van der Waals surface area contributed by atoms with Gasteiger partial charge >= 0.3 is 0 Å². The summed E-state index contributed by atoms with van der Waals surface area (Å²) in [5, 5.41) is 0.493. The second-order valence-corrected chi connectivity index (χ2v) is 4.53. The van der Waals surface area contributed by atoms with Gasteiger partial charge in [-0.2, -0.15) is 0 Å². The Morgan fingerprint density at radius 2 is 1.88 bits per heavy atom. The number of para-hydroxylation sites is 1. The molecule has 0 saturated heterocycles. The topological polar surface area (TPSA) is 35.2 Å². The van der Waals surface area contributed by atoms with Crippen molar-refractivity contribution in [2.75, 3.05) is 5.73 Å². The lowest BCUT2D eigenvalue weighted by atomic mass is 10.3. The van der Waals surface area contributed by atoms with Crippen molar-refractivity contribution in [3.05, 3.63) is 52.0 Å². The van der Waals surface area contributed by atoms with Gasteiger partial charge in [-0.25, -0.2) is 0 Å². The summed E-state index contributed by atoms with van der Waals surface area (Å²) in [6.45, 7) is 0. The largest absolute Gasteiger partial charge is 0.455 e. The van der Waals surface area contributed by atoms with E-state index in [0.717, 1.165) is 4.47 Å². The zero-order chi connectivity index (χ0) is 11.5. The molecule has 16 heavy (non-hydrogen) atoms. The smallest absolute Gasteiger partial charge is 0.151 e. The molecular formula is C12H9BrClNO. The minimum atomic E-state index is 0.448. The van der Waals surface area contributed by atoms with E-state index >= 15 is 0 Å². The fourth-order valence-electron chi connectivity index (χ4n) is 1.26. The number of nitrogen functional groups attached to an aromatic ring is 1. The molecule has 0 radical (unpaired) electrons. The lowest BCUT2D eigenvalue weighted by Crippen LogP contribution is -1.92. The zero-order valence-electron chi connectivity index (χ0n) is 8.28. The first-order valence-corrected chi connectivity index (χ1v) is 5.81. The first kappa shape index (κ1) is 11.3. The van der Waals surface area contributed by atoms with E-state index in [2.05, 4.69) is 15.9 Å². The van der Waals surface area contributed by atoms with Crippen LogP contribution < -0.4 is 10.5 Å². The van der Waals surface area contributed by atoms with Crippen LogP contribution in [0.4, 0.5) is 5.69 Å². The Morgan fingerprint density at radius 3 is 2.62 bits per heavy atom. The third-order valence-corrected chi connectivity index (χ3v) is 2.86. The number of halogens is 2. The Labute approximate surface area is 107 Å². The van der Waals surface area contributed by atoms with Crippen molar-refractivity contribution < 1.29 is 4.74 Å². The molecule has 0 aromatic heterocycles. The zero-order valence-corrected chi connectivity index (χ0v) is 10.6. The van der Waals surface area contributed by atoms with E-state index < -0.39 is 0 Å². The normalized spacial score (nSPS) is 10.1. The Morgan fingerprint density at radius 1 is 1.12 bits per heavy atom. The molecule has 0 fully saturated rings. The average molecular weight is 299 g/mol. The second-order valence-electron chi connectivity index (χ2n) is 3.21. The van der Waals surface area contributed by atoms with Crippen LogP contribution in [-0.2, 0) is 0 Å². The first-order chi connectivity index (χ1) is 7.66. The van der Waals surface area contributed by atoms with Gasteiger partial charge in [-0.15, -0.1) is 0 Å². The van der Waals surface area contributed by atoms with Crippen LogP contribution in [0.25, 0.3) is 0 Å². The van der Waals surface area contributed by atoms with Crippen molar-refractivity contribution in [3.8, 4) is 11.5 Å². The highest BCUT2D eigenvalue weighted by molar-refractivity contribution is 9.10. The van der Waals surface area contributed by atoms with Crippen molar-refractivity contribution in [1.29, 1.82) is 0 Å². The summed E-state index contributed by atoms with van der Waals surface area (Å²) in [6.07, 6.45) is 0. The number of hydrogen-bond donors (Lipinski definition) is 1. The van der Waals surface area contributed by atoms with Gasteiger partial charge in [0.2, 0.25) is 0 Å². The molecule has 0 amide bonds. The Hall–Kier alpha value is -1.19. The molecule has 82 valence electrons. The molecule has 0 aliphatic carbocycles. The molecule has 0 aliphatic rings. The Balaban J connectivity index is 2.31. The number of anilines is 1. The van der Waals surface area contributed by atoms with Crippen molar-refractivity contribution in [1.82, 2.24) is 0 Å². The van der Waals surface area contributed by atoms with Gasteiger partial charge in [0.25, 0.3) is 0 Å². The van der Waals surface area contributed by atoms with Crippen LogP contribution >= 0.6 is 27.5 Å². The molecular weight excluding hydrogens is 289 g/mol. The quantitative estimate of drug-likeness (QED) is 0.830. The van der Waals surface area contributed by atoms with Crippen LogP contribution in [0.5, 0.6) is 11.5 Å². The number of nitrogens with two attached hydrogens (primary N) is 1. The first-order valence-electron chi connectivity index (χ1n) is 4.64. The molecule has 0 spiro atoms. The van der Waals surface area contributed by atoms with Gasteiger partial charge < -0.3 is 10.5 Å². The molecule has 0 unspecified atom stereocenters. The van der Waals surface area contributed by atoms with Crippen LogP contribution in [0, 0.1) is 0 Å². The Kier molecular flexibility index (Phi) is 3.36. The predicted molar refractivity (Wildman–Crippen MR) is 70.1 cm³/mol. The summed E-state index contributed by atoms with van der Waals surface area (Å²) >= 11 is 9.27. The molecule has 2 rings (SSSR count). The third-order valence-electron chi connectivity index (χ3n) is 2.04. The van der Waals surface area contributed by atoms with E-state index in [4.69, 9.17) is 22.1 Å². The SMILES string of the molecule is Nc1c(Cl)cccc1Oc1cccc(Br)c1. The molecule has 2 N–H and O–H groups in total. The van der Waals surface area contributed by atoms with Crippen LogP contribution in [0.15, 0.2) is 46.9 Å². The molecule has 0 saturated carbocycles. The lowest BCUT2D eigenvalue weighted by molar-refractivity contribution is 0.485. The summed E-state index contributed by atoms with van der Waals surface area (Å²) in [4.78, 5) is 0. The van der Waals surface area contributed by atoms with Crippen LogP contribution in [0.3, 0.4) is 0 Å². The van der Waals surface area contributed by atoms with Crippen LogP contribution in [-0.4, -0.2) is 0 Å². The van der Waals surface area contributed by atoms with E-state index in [9.17, 15) is 0 Å². The maximum absolute atomic E-state index is 5.90. The second kappa shape index (κ2) is 4.76. The van der Waals surface area contributed by atoms with E-state index in [1.807, 2.05) is 24.3 Å². The Bertz CT molecular complexity index is 516. The maximum atomic E-state index is 5.90. The minimum Gasteiger partial charge on any atom is -0.455 e. The number of hydrogen-bond acceptors (Lipinski definition) is 2. The minimum absolute atomic E-state index is 0.448. The molecule has 0 bridgehead atoms. The third kappa shape index (κ3) is 2.49. The van der Waals surface area contributed by atoms with Gasteiger partial charge in [0, 0.05) is 4.47 Å². The van der Waals surface area contributed by atoms with Gasteiger partial charge in [-0.05, 0) is 30.3 Å². The van der Waals surface area contributed by atoms with E-state index in [1.165, 1.54) is 0 Å². The average Bonchev–Trinajstić information content (AvgIpc) is 2.25. The highest BCUT2D eigenvalue weighted by atomic mass is 79.9. The fraction of sp³-hybridized carbons (Fsp3) is 0. The van der Waals surface area contributed by atoms with Crippen molar-refractivity contribution >= 4 is 33.2 Å². The van der Waals surface area contributed by atoms with Gasteiger partial charge in [0.1, 0.15) is 5.75 Å². The number of rotatable bonds is 2. The molecule has 0 aliphatic heterocycles. The van der Waals surface area contributed by atoms with Gasteiger partial charge in [-0.1, -0.05) is 39.7 Å². The summed E-state index contributed by atoms with van der Waals surface area (Å²) in [7, 11) is 0. The predicted octanol–water partition coefficient (Wildman–Crippen LogP) is 4.48. The number of ether oxygens (including phenoxy) is 1. The summed E-state index contributed by atoms with van der Waals surface area (Å²) in [5.41, 5.74) is 6.25. The molecule has 4 heteroatoms. The summed E-state index contributed by atoms with van der Waals surface area (Å²) in [6, 6.07) is 12.8. The maximum Gasteiger partial charge on any atom is 0.151 e. The van der Waals surface area contributed by atoms with E-state index in [1.54, 1.807) is 18.2 Å². The fourth-order valence-corrected chi connectivity index (χ4v) is 1.81. The van der Waals surface area contributed by atoms with Crippen molar-refractivity contribution in [2.45, 2.75) is 0 Å². The monoisotopic (exact) mass is 297 g/mol. The highest BCUT2D eigenvalue weighted by Gasteiger charge is 2.05. The number of benzene rings is 2. The molecule has 2 nitrogen and oxygen atoms in total. The van der Waals surface area contributed by atoms with Gasteiger partial charge in [0.05, 0.1) is 10.7 Å². The van der Waals surface area contributed by atoms with Crippen LogP contribution in [0.1, 0.15) is 0 Å². The van der Waals surface area contributed by atoms with Crippen molar-refractivity contribution in [3.63, 3.8) is 0 Å².